The van der Waals surface area contributed by atoms with E-state index in [-0.39, 0.29) is 6.04 Å². The summed E-state index contributed by atoms with van der Waals surface area (Å²) in [5.41, 5.74) is 7.55. The van der Waals surface area contributed by atoms with Crippen LogP contribution < -0.4 is 10.5 Å². The van der Waals surface area contributed by atoms with Crippen molar-refractivity contribution in [3.8, 4) is 5.75 Å². The van der Waals surface area contributed by atoms with Crippen LogP contribution in [0.5, 0.6) is 5.75 Å². The number of hydrogen-bond acceptors (Lipinski definition) is 2. The van der Waals surface area contributed by atoms with Gasteiger partial charge in [-0.2, -0.15) is 0 Å². The van der Waals surface area contributed by atoms with Gasteiger partial charge in [0.15, 0.2) is 0 Å². The van der Waals surface area contributed by atoms with Gasteiger partial charge in [-0.1, -0.05) is 31.4 Å². The number of rotatable bonds is 3. The van der Waals surface area contributed by atoms with E-state index in [9.17, 15) is 0 Å². The summed E-state index contributed by atoms with van der Waals surface area (Å²) in [4.78, 5) is 0. The summed E-state index contributed by atoms with van der Waals surface area (Å²) in [6.45, 7) is 0. The molecule has 0 spiro atoms. The SMILES string of the molecule is COc1cccc([C@@H](N)C2CCCCC2)c1. The number of methoxy groups -OCH3 is 1. The van der Waals surface area contributed by atoms with Crippen LogP contribution in [0.15, 0.2) is 24.3 Å². The Balaban J connectivity index is 2.09. The van der Waals surface area contributed by atoms with Crippen molar-refractivity contribution in [1.29, 1.82) is 0 Å². The number of ether oxygens (including phenoxy) is 1. The highest BCUT2D eigenvalue weighted by Gasteiger charge is 2.21. The van der Waals surface area contributed by atoms with Crippen LogP contribution in [0.2, 0.25) is 0 Å². The summed E-state index contributed by atoms with van der Waals surface area (Å²) in [6.07, 6.45) is 6.60. The Morgan fingerprint density at radius 2 is 2.00 bits per heavy atom. The fraction of sp³-hybridized carbons (Fsp3) is 0.571. The van der Waals surface area contributed by atoms with Gasteiger partial charge in [-0.3, -0.25) is 0 Å². The third-order valence-electron chi connectivity index (χ3n) is 3.64. The molecule has 0 radical (unpaired) electrons. The molecule has 1 aliphatic rings. The molecule has 0 amide bonds. The maximum absolute atomic E-state index is 6.34. The summed E-state index contributed by atoms with van der Waals surface area (Å²) in [7, 11) is 1.70. The van der Waals surface area contributed by atoms with Crippen LogP contribution in [0, 0.1) is 5.92 Å². The van der Waals surface area contributed by atoms with Crippen LogP contribution in [-0.4, -0.2) is 7.11 Å². The molecular weight excluding hydrogens is 198 g/mol. The van der Waals surface area contributed by atoms with E-state index >= 15 is 0 Å². The summed E-state index contributed by atoms with van der Waals surface area (Å²) in [5.74, 6) is 1.56. The largest absolute Gasteiger partial charge is 0.497 e. The molecular formula is C14H21NO. The highest BCUT2D eigenvalue weighted by molar-refractivity contribution is 5.30. The van der Waals surface area contributed by atoms with E-state index in [2.05, 4.69) is 12.1 Å². The van der Waals surface area contributed by atoms with Gasteiger partial charge in [0.2, 0.25) is 0 Å². The molecule has 2 rings (SSSR count). The zero-order chi connectivity index (χ0) is 11.4. The third kappa shape index (κ3) is 2.56. The monoisotopic (exact) mass is 219 g/mol. The first-order valence-electron chi connectivity index (χ1n) is 6.21. The van der Waals surface area contributed by atoms with Crippen molar-refractivity contribution in [3.05, 3.63) is 29.8 Å². The van der Waals surface area contributed by atoms with Crippen LogP contribution >= 0.6 is 0 Å². The number of benzene rings is 1. The Hall–Kier alpha value is -1.02. The van der Waals surface area contributed by atoms with Gasteiger partial charge >= 0.3 is 0 Å². The Kier molecular flexibility index (Phi) is 3.83. The van der Waals surface area contributed by atoms with E-state index in [0.29, 0.717) is 5.92 Å². The Morgan fingerprint density at radius 1 is 1.25 bits per heavy atom. The van der Waals surface area contributed by atoms with Crippen molar-refractivity contribution in [2.45, 2.75) is 38.1 Å². The summed E-state index contributed by atoms with van der Waals surface area (Å²) < 4.78 is 5.24. The second-order valence-electron chi connectivity index (χ2n) is 4.70. The molecule has 1 saturated carbocycles. The van der Waals surface area contributed by atoms with Crippen LogP contribution in [0.4, 0.5) is 0 Å². The van der Waals surface area contributed by atoms with Gasteiger partial charge in [0.05, 0.1) is 7.11 Å². The van der Waals surface area contributed by atoms with Gasteiger partial charge in [0.25, 0.3) is 0 Å². The molecule has 2 N–H and O–H groups in total. The van der Waals surface area contributed by atoms with Crippen molar-refractivity contribution >= 4 is 0 Å². The Labute approximate surface area is 97.8 Å². The van der Waals surface area contributed by atoms with E-state index in [1.54, 1.807) is 7.11 Å². The van der Waals surface area contributed by atoms with Crippen LogP contribution in [0.25, 0.3) is 0 Å². The zero-order valence-electron chi connectivity index (χ0n) is 9.99. The molecule has 0 aromatic heterocycles. The van der Waals surface area contributed by atoms with Gasteiger partial charge in [-0.15, -0.1) is 0 Å². The lowest BCUT2D eigenvalue weighted by atomic mass is 9.81. The molecule has 2 nitrogen and oxygen atoms in total. The van der Waals surface area contributed by atoms with Crippen molar-refractivity contribution in [3.63, 3.8) is 0 Å². The fourth-order valence-corrected chi connectivity index (χ4v) is 2.61. The molecule has 2 heteroatoms. The molecule has 1 aliphatic carbocycles. The van der Waals surface area contributed by atoms with Crippen molar-refractivity contribution < 1.29 is 4.74 Å². The molecule has 16 heavy (non-hydrogen) atoms. The average molecular weight is 219 g/mol. The van der Waals surface area contributed by atoms with E-state index in [1.807, 2.05) is 12.1 Å². The number of nitrogens with two attached hydrogens (primary N) is 1. The molecule has 0 heterocycles. The van der Waals surface area contributed by atoms with Gasteiger partial charge in [-0.25, -0.2) is 0 Å². The lowest BCUT2D eigenvalue weighted by Crippen LogP contribution is -2.23. The van der Waals surface area contributed by atoms with Gasteiger partial charge in [0, 0.05) is 6.04 Å². The smallest absolute Gasteiger partial charge is 0.119 e. The quantitative estimate of drug-likeness (QED) is 0.846. The normalized spacial score (nSPS) is 19.4. The van der Waals surface area contributed by atoms with E-state index in [0.717, 1.165) is 5.75 Å². The van der Waals surface area contributed by atoms with Crippen molar-refractivity contribution in [2.24, 2.45) is 11.7 Å². The van der Waals surface area contributed by atoms with E-state index in [4.69, 9.17) is 10.5 Å². The van der Waals surface area contributed by atoms with Crippen molar-refractivity contribution in [1.82, 2.24) is 0 Å². The third-order valence-corrected chi connectivity index (χ3v) is 3.64. The van der Waals surface area contributed by atoms with Crippen LogP contribution in [0.3, 0.4) is 0 Å². The summed E-state index contributed by atoms with van der Waals surface area (Å²) in [6, 6.07) is 8.35. The van der Waals surface area contributed by atoms with Gasteiger partial charge < -0.3 is 10.5 Å². The highest BCUT2D eigenvalue weighted by atomic mass is 16.5. The zero-order valence-corrected chi connectivity index (χ0v) is 9.99. The van der Waals surface area contributed by atoms with Gasteiger partial charge in [-0.05, 0) is 36.5 Å². The molecule has 0 bridgehead atoms. The maximum atomic E-state index is 6.34. The summed E-state index contributed by atoms with van der Waals surface area (Å²) in [5, 5.41) is 0. The lowest BCUT2D eigenvalue weighted by molar-refractivity contribution is 0.307. The predicted molar refractivity (Wildman–Crippen MR) is 66.5 cm³/mol. The average Bonchev–Trinajstić information content (AvgIpc) is 2.39. The first kappa shape index (κ1) is 11.5. The molecule has 0 unspecified atom stereocenters. The molecule has 1 aromatic rings. The minimum atomic E-state index is 0.176. The highest BCUT2D eigenvalue weighted by Crippen LogP contribution is 2.33. The predicted octanol–water partition coefficient (Wildman–Crippen LogP) is 3.28. The Bertz CT molecular complexity index is 331. The first-order chi connectivity index (χ1) is 7.81. The summed E-state index contributed by atoms with van der Waals surface area (Å²) >= 11 is 0. The second kappa shape index (κ2) is 5.35. The first-order valence-corrected chi connectivity index (χ1v) is 6.21. The minimum Gasteiger partial charge on any atom is -0.497 e. The van der Waals surface area contributed by atoms with Crippen LogP contribution in [-0.2, 0) is 0 Å². The molecule has 0 aliphatic heterocycles. The second-order valence-corrected chi connectivity index (χ2v) is 4.70. The lowest BCUT2D eigenvalue weighted by Gasteiger charge is -2.27. The fourth-order valence-electron chi connectivity index (χ4n) is 2.61. The minimum absolute atomic E-state index is 0.176. The standard InChI is InChI=1S/C14H21NO/c1-16-13-9-5-8-12(10-13)14(15)11-6-3-2-4-7-11/h5,8-11,14H,2-4,6-7,15H2,1H3/t14-/m0/s1. The molecule has 1 aromatic carbocycles. The molecule has 1 atom stereocenters. The molecule has 88 valence electrons. The maximum Gasteiger partial charge on any atom is 0.119 e. The Morgan fingerprint density at radius 3 is 2.69 bits per heavy atom. The van der Waals surface area contributed by atoms with Crippen molar-refractivity contribution in [2.75, 3.05) is 7.11 Å². The molecule has 1 fully saturated rings. The van der Waals surface area contributed by atoms with Gasteiger partial charge in [0.1, 0.15) is 5.75 Å². The van der Waals surface area contributed by atoms with Crippen LogP contribution in [0.1, 0.15) is 43.7 Å². The number of hydrogen-bond donors (Lipinski definition) is 1. The van der Waals surface area contributed by atoms with E-state index in [1.165, 1.54) is 37.7 Å². The molecule has 0 saturated heterocycles. The topological polar surface area (TPSA) is 35.2 Å². The van der Waals surface area contributed by atoms with E-state index < -0.39 is 0 Å².